The van der Waals surface area contributed by atoms with E-state index in [0.29, 0.717) is 23.3 Å². The lowest BCUT2D eigenvalue weighted by atomic mass is 9.81. The molecule has 3 N–H and O–H groups in total. The summed E-state index contributed by atoms with van der Waals surface area (Å²) in [5.74, 6) is -0.392. The van der Waals surface area contributed by atoms with Crippen molar-refractivity contribution in [3.05, 3.63) is 53.9 Å². The second-order valence-corrected chi connectivity index (χ2v) is 7.93. The molecule has 2 bridgehead atoms. The van der Waals surface area contributed by atoms with Crippen LogP contribution in [0.5, 0.6) is 0 Å². The van der Waals surface area contributed by atoms with Crippen LogP contribution in [0.1, 0.15) is 41.6 Å². The normalized spacial score (nSPS) is 26.5. The molecule has 3 atom stereocenters. The third-order valence-corrected chi connectivity index (χ3v) is 6.22. The van der Waals surface area contributed by atoms with E-state index in [1.807, 2.05) is 30.3 Å². The summed E-state index contributed by atoms with van der Waals surface area (Å²) < 4.78 is 4.91. The number of ether oxygens (including phenoxy) is 1. The zero-order chi connectivity index (χ0) is 19.3. The Morgan fingerprint density at radius 1 is 1.18 bits per heavy atom. The molecule has 2 saturated heterocycles. The molecule has 2 aromatic heterocycles. The molecule has 0 saturated carbocycles. The molecule has 5 rings (SSSR count). The smallest absolute Gasteiger partial charge is 0.340 e. The van der Waals surface area contributed by atoms with E-state index in [0.717, 1.165) is 47.8 Å². The molecule has 144 valence electrons. The predicted molar refractivity (Wildman–Crippen MR) is 106 cm³/mol. The highest BCUT2D eigenvalue weighted by atomic mass is 16.5. The number of piperidine rings is 1. The molecule has 6 heteroatoms. The van der Waals surface area contributed by atoms with Crippen molar-refractivity contribution in [2.24, 2.45) is 0 Å². The summed E-state index contributed by atoms with van der Waals surface area (Å²) in [5, 5.41) is 15.6. The minimum atomic E-state index is -0.769. The van der Waals surface area contributed by atoms with Gasteiger partial charge in [0, 0.05) is 29.9 Å². The lowest BCUT2D eigenvalue weighted by Gasteiger charge is -2.37. The van der Waals surface area contributed by atoms with E-state index in [-0.39, 0.29) is 0 Å². The van der Waals surface area contributed by atoms with Crippen LogP contribution in [-0.4, -0.2) is 40.2 Å². The van der Waals surface area contributed by atoms with Crippen LogP contribution in [0.3, 0.4) is 0 Å². The predicted octanol–water partition coefficient (Wildman–Crippen LogP) is 3.12. The number of hydrogen-bond acceptors (Lipinski definition) is 5. The lowest BCUT2D eigenvalue weighted by Crippen LogP contribution is -2.46. The highest BCUT2D eigenvalue weighted by Gasteiger charge is 2.43. The average Bonchev–Trinajstić information content (AvgIpc) is 3.30. The number of nitrogens with zero attached hydrogens (tertiary/aromatic N) is 1. The molecule has 2 aliphatic rings. The van der Waals surface area contributed by atoms with Crippen LogP contribution >= 0.6 is 0 Å². The minimum absolute atomic E-state index is 0.392. The van der Waals surface area contributed by atoms with Gasteiger partial charge in [0.2, 0.25) is 0 Å². The van der Waals surface area contributed by atoms with E-state index in [9.17, 15) is 9.90 Å². The Hall–Kier alpha value is -2.70. The molecule has 2 aliphatic heterocycles. The number of aromatic nitrogens is 2. The maximum absolute atomic E-state index is 12.1. The van der Waals surface area contributed by atoms with Crippen molar-refractivity contribution in [3.63, 3.8) is 0 Å². The van der Waals surface area contributed by atoms with E-state index in [2.05, 4.69) is 15.3 Å². The number of rotatable bonds is 3. The first-order chi connectivity index (χ1) is 13.6. The molecule has 4 heterocycles. The van der Waals surface area contributed by atoms with Gasteiger partial charge in [0.15, 0.2) is 0 Å². The lowest BCUT2D eigenvalue weighted by molar-refractivity contribution is -0.0114. The van der Waals surface area contributed by atoms with Gasteiger partial charge in [0.1, 0.15) is 5.65 Å². The van der Waals surface area contributed by atoms with Gasteiger partial charge in [-0.1, -0.05) is 24.3 Å². The van der Waals surface area contributed by atoms with E-state index in [1.165, 1.54) is 7.11 Å². The Kier molecular flexibility index (Phi) is 4.00. The quantitative estimate of drug-likeness (QED) is 0.611. The molecule has 0 aliphatic carbocycles. The van der Waals surface area contributed by atoms with Crippen LogP contribution in [0.15, 0.2) is 42.7 Å². The highest BCUT2D eigenvalue weighted by Crippen LogP contribution is 2.41. The van der Waals surface area contributed by atoms with E-state index in [4.69, 9.17) is 4.74 Å². The summed E-state index contributed by atoms with van der Waals surface area (Å²) in [7, 11) is 1.37. The minimum Gasteiger partial charge on any atom is -0.465 e. The third kappa shape index (κ3) is 2.72. The number of carbonyl (C=O) groups is 1. The fraction of sp³-hybridized carbons (Fsp3) is 0.364. The number of aromatic amines is 1. The van der Waals surface area contributed by atoms with Crippen LogP contribution in [-0.2, 0) is 10.3 Å². The van der Waals surface area contributed by atoms with Gasteiger partial charge in [-0.2, -0.15) is 0 Å². The molecule has 1 unspecified atom stereocenters. The average molecular weight is 377 g/mol. The second-order valence-electron chi connectivity index (χ2n) is 7.93. The fourth-order valence-electron chi connectivity index (χ4n) is 4.89. The van der Waals surface area contributed by atoms with E-state index < -0.39 is 11.6 Å². The largest absolute Gasteiger partial charge is 0.465 e. The Morgan fingerprint density at radius 3 is 2.57 bits per heavy atom. The summed E-state index contributed by atoms with van der Waals surface area (Å²) in [6, 6.07) is 10.8. The summed E-state index contributed by atoms with van der Waals surface area (Å²) in [6.45, 7) is 0. The molecule has 28 heavy (non-hydrogen) atoms. The van der Waals surface area contributed by atoms with Crippen molar-refractivity contribution in [1.29, 1.82) is 0 Å². The van der Waals surface area contributed by atoms with Crippen LogP contribution in [0.25, 0.3) is 22.2 Å². The van der Waals surface area contributed by atoms with Gasteiger partial charge in [-0.15, -0.1) is 0 Å². The van der Waals surface area contributed by atoms with Crippen molar-refractivity contribution in [2.75, 3.05) is 7.11 Å². The number of aliphatic hydroxyl groups is 1. The van der Waals surface area contributed by atoms with Gasteiger partial charge in [0.25, 0.3) is 0 Å². The molecule has 0 amide bonds. The first-order valence-electron chi connectivity index (χ1n) is 9.71. The molecule has 0 spiro atoms. The molecule has 3 aromatic rings. The Balaban J connectivity index is 1.53. The van der Waals surface area contributed by atoms with E-state index >= 15 is 0 Å². The molecular weight excluding hydrogens is 354 g/mol. The Bertz CT molecular complexity index is 1030. The maximum Gasteiger partial charge on any atom is 0.340 e. The molecule has 2 fully saturated rings. The number of methoxy groups -OCH3 is 1. The van der Waals surface area contributed by atoms with Crippen molar-refractivity contribution in [1.82, 2.24) is 15.3 Å². The first kappa shape index (κ1) is 17.4. The Labute approximate surface area is 162 Å². The number of H-pyrrole nitrogens is 1. The number of pyridine rings is 1. The highest BCUT2D eigenvalue weighted by molar-refractivity contribution is 6.09. The number of esters is 1. The summed E-state index contributed by atoms with van der Waals surface area (Å²) in [6.07, 6.45) is 7.16. The van der Waals surface area contributed by atoms with Crippen LogP contribution in [0.2, 0.25) is 0 Å². The van der Waals surface area contributed by atoms with Crippen LogP contribution in [0.4, 0.5) is 0 Å². The number of hydrogen-bond donors (Lipinski definition) is 3. The summed E-state index contributed by atoms with van der Waals surface area (Å²) >= 11 is 0. The van der Waals surface area contributed by atoms with Gasteiger partial charge >= 0.3 is 5.97 Å². The third-order valence-electron chi connectivity index (χ3n) is 6.22. The molecule has 1 aromatic carbocycles. The van der Waals surface area contributed by atoms with Gasteiger partial charge in [-0.3, -0.25) is 0 Å². The number of fused-ring (bicyclic) bond motifs is 3. The SMILES string of the molecule is COC(=O)c1c[nH]c2nccc(-c3ccc(C4(O)C[C@H]5CC[C@@H](C4)N5)cc3)c12. The number of nitrogens with one attached hydrogen (secondary N) is 2. The van der Waals surface area contributed by atoms with Crippen molar-refractivity contribution in [3.8, 4) is 11.1 Å². The molecular formula is C22H23N3O3. The van der Waals surface area contributed by atoms with Crippen LogP contribution in [0, 0.1) is 0 Å². The Morgan fingerprint density at radius 2 is 1.89 bits per heavy atom. The van der Waals surface area contributed by atoms with Crippen molar-refractivity contribution >= 4 is 17.0 Å². The number of carbonyl (C=O) groups excluding carboxylic acids is 1. The van der Waals surface area contributed by atoms with Gasteiger partial charge in [-0.05, 0) is 48.4 Å². The zero-order valence-electron chi connectivity index (χ0n) is 15.7. The summed E-state index contributed by atoms with van der Waals surface area (Å²) in [5.41, 5.74) is 3.20. The van der Waals surface area contributed by atoms with Gasteiger partial charge < -0.3 is 20.1 Å². The van der Waals surface area contributed by atoms with Crippen molar-refractivity contribution in [2.45, 2.75) is 43.4 Å². The summed E-state index contributed by atoms with van der Waals surface area (Å²) in [4.78, 5) is 19.5. The maximum atomic E-state index is 12.1. The second kappa shape index (κ2) is 6.43. The zero-order valence-corrected chi connectivity index (χ0v) is 15.7. The molecule has 6 nitrogen and oxygen atoms in total. The number of benzene rings is 1. The standard InChI is InChI=1S/C22H23N3O3/c1-28-21(26)18-12-24-20-19(18)17(8-9-23-20)13-2-4-14(5-3-13)22(27)10-15-6-7-16(11-22)25-15/h2-5,8-9,12,15-16,25,27H,6-7,10-11H2,1H3,(H,23,24)/t15-,16+,22?. The van der Waals surface area contributed by atoms with Crippen LogP contribution < -0.4 is 5.32 Å². The fourth-order valence-corrected chi connectivity index (χ4v) is 4.89. The molecule has 0 radical (unpaired) electrons. The monoisotopic (exact) mass is 377 g/mol. The van der Waals surface area contributed by atoms with E-state index in [1.54, 1.807) is 12.4 Å². The first-order valence-corrected chi connectivity index (χ1v) is 9.71. The van der Waals surface area contributed by atoms with Gasteiger partial charge in [-0.25, -0.2) is 9.78 Å². The van der Waals surface area contributed by atoms with Crippen molar-refractivity contribution < 1.29 is 14.6 Å². The topological polar surface area (TPSA) is 87.2 Å². The van der Waals surface area contributed by atoms with Gasteiger partial charge in [0.05, 0.1) is 18.3 Å².